The molecule has 0 amide bonds. The molecule has 134 valence electrons. The molecule has 0 aromatic heterocycles. The monoisotopic (exact) mass is 360 g/mol. The van der Waals surface area contributed by atoms with Crippen LogP contribution in [0.4, 0.5) is 0 Å². The molecule has 0 aliphatic carbocycles. The SMILES string of the molecule is C(=NN=Cc1ccc(-c2ccccc2)cc1)c1ccc(-c2ccccc2)cc1. The van der Waals surface area contributed by atoms with Crippen LogP contribution in [-0.4, -0.2) is 12.4 Å². The van der Waals surface area contributed by atoms with Crippen LogP contribution in [0.15, 0.2) is 119 Å². The predicted octanol–water partition coefficient (Wildman–Crippen LogP) is 6.47. The van der Waals surface area contributed by atoms with Gasteiger partial charge in [-0.25, -0.2) is 0 Å². The van der Waals surface area contributed by atoms with E-state index in [1.165, 1.54) is 22.3 Å². The van der Waals surface area contributed by atoms with Crippen molar-refractivity contribution >= 4 is 12.4 Å². The van der Waals surface area contributed by atoms with E-state index < -0.39 is 0 Å². The largest absolute Gasteiger partial charge is 0.159 e. The quantitative estimate of drug-likeness (QED) is 0.288. The fraction of sp³-hybridized carbons (Fsp3) is 0. The minimum Gasteiger partial charge on any atom is -0.159 e. The van der Waals surface area contributed by atoms with E-state index in [9.17, 15) is 0 Å². The first-order valence-electron chi connectivity index (χ1n) is 9.26. The third-order valence-electron chi connectivity index (χ3n) is 4.52. The Bertz CT molecular complexity index is 972. The molecule has 2 heteroatoms. The lowest BCUT2D eigenvalue weighted by molar-refractivity contribution is 1.26. The number of rotatable bonds is 5. The van der Waals surface area contributed by atoms with Gasteiger partial charge in [-0.3, -0.25) is 0 Å². The van der Waals surface area contributed by atoms with E-state index in [2.05, 4.69) is 83.0 Å². The highest BCUT2D eigenvalue weighted by atomic mass is 15.2. The van der Waals surface area contributed by atoms with Crippen LogP contribution in [0.25, 0.3) is 22.3 Å². The normalized spacial score (nSPS) is 11.3. The molecule has 0 radical (unpaired) electrons. The summed E-state index contributed by atoms with van der Waals surface area (Å²) in [5, 5.41) is 8.33. The van der Waals surface area contributed by atoms with Gasteiger partial charge < -0.3 is 0 Å². The standard InChI is InChI=1S/C26H20N2/c1-3-7-23(8-4-1)25-15-11-21(12-16-25)19-27-28-20-22-13-17-26(18-14-22)24-9-5-2-6-10-24/h1-20H. The van der Waals surface area contributed by atoms with Crippen molar-refractivity contribution in [2.24, 2.45) is 10.2 Å². The Balaban J connectivity index is 1.38. The summed E-state index contributed by atoms with van der Waals surface area (Å²) in [7, 11) is 0. The van der Waals surface area contributed by atoms with Gasteiger partial charge in [0.1, 0.15) is 0 Å². The zero-order chi connectivity index (χ0) is 19.0. The number of hydrogen-bond acceptors (Lipinski definition) is 2. The van der Waals surface area contributed by atoms with Gasteiger partial charge in [0.2, 0.25) is 0 Å². The molecule has 0 saturated carbocycles. The first kappa shape index (κ1) is 17.6. The second-order valence-corrected chi connectivity index (χ2v) is 6.47. The Morgan fingerprint density at radius 2 is 0.679 bits per heavy atom. The molecule has 0 aliphatic rings. The molecule has 4 aromatic rings. The van der Waals surface area contributed by atoms with Gasteiger partial charge in [0, 0.05) is 0 Å². The van der Waals surface area contributed by atoms with E-state index in [1.807, 2.05) is 36.4 Å². The molecule has 0 fully saturated rings. The Morgan fingerprint density at radius 3 is 1.04 bits per heavy atom. The third kappa shape index (κ3) is 4.49. The molecule has 0 bridgehead atoms. The van der Waals surface area contributed by atoms with Crippen molar-refractivity contribution in [1.29, 1.82) is 0 Å². The van der Waals surface area contributed by atoms with Crippen LogP contribution >= 0.6 is 0 Å². The van der Waals surface area contributed by atoms with E-state index in [4.69, 9.17) is 0 Å². The first-order chi connectivity index (χ1) is 13.9. The van der Waals surface area contributed by atoms with Crippen molar-refractivity contribution < 1.29 is 0 Å². The van der Waals surface area contributed by atoms with Crippen molar-refractivity contribution in [2.45, 2.75) is 0 Å². The Labute approximate surface area is 165 Å². The maximum absolute atomic E-state index is 4.16. The minimum absolute atomic E-state index is 1.02. The number of nitrogens with zero attached hydrogens (tertiary/aromatic N) is 2. The van der Waals surface area contributed by atoms with Gasteiger partial charge in [-0.05, 0) is 33.4 Å². The van der Waals surface area contributed by atoms with E-state index in [-0.39, 0.29) is 0 Å². The van der Waals surface area contributed by atoms with Gasteiger partial charge in [0.05, 0.1) is 12.4 Å². The molecule has 0 aliphatic heterocycles. The van der Waals surface area contributed by atoms with E-state index >= 15 is 0 Å². The highest BCUT2D eigenvalue weighted by Crippen LogP contribution is 2.19. The second kappa shape index (κ2) is 8.74. The molecule has 4 aromatic carbocycles. The summed E-state index contributed by atoms with van der Waals surface area (Å²) in [4.78, 5) is 0. The third-order valence-corrected chi connectivity index (χ3v) is 4.52. The Kier molecular flexibility index (Phi) is 5.50. The Hall–Kier alpha value is -3.78. The van der Waals surface area contributed by atoms with Crippen molar-refractivity contribution in [3.05, 3.63) is 120 Å². The maximum atomic E-state index is 4.16. The van der Waals surface area contributed by atoms with Gasteiger partial charge in [0.15, 0.2) is 0 Å². The number of hydrogen-bond donors (Lipinski definition) is 0. The van der Waals surface area contributed by atoms with Crippen molar-refractivity contribution in [3.8, 4) is 22.3 Å². The average molecular weight is 360 g/mol. The lowest BCUT2D eigenvalue weighted by Crippen LogP contribution is -1.83. The second-order valence-electron chi connectivity index (χ2n) is 6.47. The molecule has 4 rings (SSSR count). The van der Waals surface area contributed by atoms with Gasteiger partial charge in [-0.1, -0.05) is 109 Å². The summed E-state index contributed by atoms with van der Waals surface area (Å²) in [5.74, 6) is 0. The molecule has 2 nitrogen and oxygen atoms in total. The van der Waals surface area contributed by atoms with Crippen molar-refractivity contribution in [1.82, 2.24) is 0 Å². The lowest BCUT2D eigenvalue weighted by atomic mass is 10.0. The van der Waals surface area contributed by atoms with Crippen LogP contribution in [0.2, 0.25) is 0 Å². The summed E-state index contributed by atoms with van der Waals surface area (Å²) in [6, 6.07) is 37.3. The van der Waals surface area contributed by atoms with Gasteiger partial charge in [-0.15, -0.1) is 0 Å². The molecular weight excluding hydrogens is 340 g/mol. The maximum Gasteiger partial charge on any atom is 0.0568 e. The van der Waals surface area contributed by atoms with Crippen molar-refractivity contribution in [3.63, 3.8) is 0 Å². The molecule has 0 spiro atoms. The highest BCUT2D eigenvalue weighted by molar-refractivity contribution is 5.84. The van der Waals surface area contributed by atoms with Crippen LogP contribution in [0.3, 0.4) is 0 Å². The minimum atomic E-state index is 1.02. The molecule has 0 saturated heterocycles. The lowest BCUT2D eigenvalue weighted by Gasteiger charge is -2.01. The molecular formula is C26H20N2. The highest BCUT2D eigenvalue weighted by Gasteiger charge is 1.97. The van der Waals surface area contributed by atoms with Crippen LogP contribution in [0.1, 0.15) is 11.1 Å². The first-order valence-corrected chi connectivity index (χ1v) is 9.26. The number of benzene rings is 4. The van der Waals surface area contributed by atoms with Gasteiger partial charge in [0.25, 0.3) is 0 Å². The smallest absolute Gasteiger partial charge is 0.0568 e. The summed E-state index contributed by atoms with van der Waals surface area (Å²) in [6.07, 6.45) is 3.53. The van der Waals surface area contributed by atoms with E-state index in [0.29, 0.717) is 0 Å². The summed E-state index contributed by atoms with van der Waals surface area (Å²) in [5.41, 5.74) is 6.86. The fourth-order valence-electron chi connectivity index (χ4n) is 2.98. The fourth-order valence-corrected chi connectivity index (χ4v) is 2.98. The summed E-state index contributed by atoms with van der Waals surface area (Å²) < 4.78 is 0. The topological polar surface area (TPSA) is 24.7 Å². The molecule has 28 heavy (non-hydrogen) atoms. The Morgan fingerprint density at radius 1 is 0.357 bits per heavy atom. The predicted molar refractivity (Wildman–Crippen MR) is 119 cm³/mol. The van der Waals surface area contributed by atoms with Crippen LogP contribution in [0, 0.1) is 0 Å². The molecule has 0 atom stereocenters. The molecule has 0 heterocycles. The van der Waals surface area contributed by atoms with Gasteiger partial charge >= 0.3 is 0 Å². The van der Waals surface area contributed by atoms with E-state index in [1.54, 1.807) is 12.4 Å². The van der Waals surface area contributed by atoms with Crippen molar-refractivity contribution in [2.75, 3.05) is 0 Å². The van der Waals surface area contributed by atoms with E-state index in [0.717, 1.165) is 11.1 Å². The molecule has 0 N–H and O–H groups in total. The molecule has 0 unspecified atom stereocenters. The van der Waals surface area contributed by atoms with Gasteiger partial charge in [-0.2, -0.15) is 10.2 Å². The summed E-state index contributed by atoms with van der Waals surface area (Å²) in [6.45, 7) is 0. The average Bonchev–Trinajstić information content (AvgIpc) is 2.79. The van der Waals surface area contributed by atoms with Crippen LogP contribution in [0.5, 0.6) is 0 Å². The zero-order valence-corrected chi connectivity index (χ0v) is 15.4. The summed E-state index contributed by atoms with van der Waals surface area (Å²) >= 11 is 0. The van der Waals surface area contributed by atoms with Crippen LogP contribution in [-0.2, 0) is 0 Å². The van der Waals surface area contributed by atoms with Crippen LogP contribution < -0.4 is 0 Å². The zero-order valence-electron chi connectivity index (χ0n) is 15.4.